The Morgan fingerprint density at radius 3 is 1.29 bits per heavy atom. The van der Waals surface area contributed by atoms with E-state index < -0.39 is 71.7 Å². The highest BCUT2D eigenvalue weighted by molar-refractivity contribution is 7.85. The molecule has 0 saturated heterocycles. The van der Waals surface area contributed by atoms with Crippen molar-refractivity contribution in [1.82, 2.24) is 0 Å². The Morgan fingerprint density at radius 2 is 1.04 bits per heavy atom. The van der Waals surface area contributed by atoms with Crippen molar-refractivity contribution in [2.45, 2.75) is 55.8 Å². The summed E-state index contributed by atoms with van der Waals surface area (Å²) >= 11 is 0. The molecule has 3 N–H and O–H groups in total. The van der Waals surface area contributed by atoms with Gasteiger partial charge in [-0.2, -0.15) is 8.42 Å². The number of rotatable bonds is 11. The molecular formula is C13H19F10NO3S. The molecule has 15 heteroatoms. The molecule has 4 nitrogen and oxygen atoms in total. The first-order valence-electron chi connectivity index (χ1n) is 7.29. The molecule has 0 saturated carbocycles. The van der Waals surface area contributed by atoms with E-state index in [1.54, 1.807) is 6.08 Å². The Bertz CT molecular complexity index is 541. The summed E-state index contributed by atoms with van der Waals surface area (Å²) in [6.07, 6.45) is -33.2. The van der Waals surface area contributed by atoms with E-state index in [0.717, 1.165) is 0 Å². The predicted octanol–water partition coefficient (Wildman–Crippen LogP) is 2.98. The Hall–Kier alpha value is -1.09. The molecule has 0 aliphatic heterocycles. The predicted molar refractivity (Wildman–Crippen MR) is 80.8 cm³/mol. The van der Waals surface area contributed by atoms with E-state index >= 15 is 0 Å². The van der Waals surface area contributed by atoms with E-state index in [4.69, 9.17) is 10.3 Å². The molecule has 0 aliphatic rings. The molecule has 0 bridgehead atoms. The lowest BCUT2D eigenvalue weighted by Gasteiger charge is -2.26. The van der Waals surface area contributed by atoms with E-state index in [9.17, 15) is 52.3 Å². The van der Waals surface area contributed by atoms with Gasteiger partial charge < -0.3 is 5.73 Å². The summed E-state index contributed by atoms with van der Waals surface area (Å²) in [7, 11) is -5.16. The summed E-state index contributed by atoms with van der Waals surface area (Å²) in [5.74, 6) is -2.04. The molecule has 0 radical (unpaired) electrons. The molecule has 28 heavy (non-hydrogen) atoms. The molecule has 0 aliphatic carbocycles. The van der Waals surface area contributed by atoms with Crippen molar-refractivity contribution in [2.24, 2.45) is 5.73 Å². The number of halogens is 10. The van der Waals surface area contributed by atoms with Crippen LogP contribution in [-0.4, -0.2) is 81.1 Å². The fourth-order valence-electron chi connectivity index (χ4n) is 1.51. The Labute approximate surface area is 154 Å². The topological polar surface area (TPSA) is 80.4 Å². The van der Waals surface area contributed by atoms with Gasteiger partial charge in [-0.1, -0.05) is 6.08 Å². The van der Waals surface area contributed by atoms with Gasteiger partial charge in [0.05, 0.1) is 0 Å². The molecule has 170 valence electrons. The quantitative estimate of drug-likeness (QED) is 0.283. The monoisotopic (exact) mass is 459 g/mol. The van der Waals surface area contributed by atoms with Crippen LogP contribution in [-0.2, 0) is 10.1 Å². The fraction of sp³-hybridized carbons (Fsp3) is 0.846. The van der Waals surface area contributed by atoms with Gasteiger partial charge in [0.1, 0.15) is 5.75 Å². The van der Waals surface area contributed by atoms with Crippen molar-refractivity contribution in [3.63, 3.8) is 0 Å². The van der Waals surface area contributed by atoms with Gasteiger partial charge in [-0.05, 0) is 0 Å². The molecule has 0 aromatic rings. The first-order valence-corrected chi connectivity index (χ1v) is 8.90. The Kier molecular flexibility index (Phi) is 13.7. The van der Waals surface area contributed by atoms with Crippen LogP contribution in [0.5, 0.6) is 0 Å². The third-order valence-corrected chi connectivity index (χ3v) is 3.69. The van der Waals surface area contributed by atoms with Crippen molar-refractivity contribution in [3.8, 4) is 0 Å². The second-order valence-corrected chi connectivity index (χ2v) is 6.73. The summed E-state index contributed by atoms with van der Waals surface area (Å²) in [5, 5.41) is 0. The van der Waals surface area contributed by atoms with Crippen LogP contribution in [0.3, 0.4) is 0 Å². The van der Waals surface area contributed by atoms with Crippen LogP contribution >= 0.6 is 0 Å². The molecule has 0 spiro atoms. The first kappa shape index (κ1) is 29.1. The zero-order valence-corrected chi connectivity index (χ0v) is 14.7. The van der Waals surface area contributed by atoms with Crippen molar-refractivity contribution < 1.29 is 56.9 Å². The van der Waals surface area contributed by atoms with Crippen LogP contribution < -0.4 is 5.73 Å². The fourth-order valence-corrected chi connectivity index (χ4v) is 2.10. The van der Waals surface area contributed by atoms with Crippen molar-refractivity contribution in [2.75, 3.05) is 12.3 Å². The van der Waals surface area contributed by atoms with Crippen molar-refractivity contribution >= 4 is 10.1 Å². The number of hydrogen-bond acceptors (Lipinski definition) is 3. The Morgan fingerprint density at radius 1 is 0.750 bits per heavy atom. The van der Waals surface area contributed by atoms with Gasteiger partial charge in [0.2, 0.25) is 0 Å². The highest BCUT2D eigenvalue weighted by atomic mass is 32.2. The van der Waals surface area contributed by atoms with Crippen LogP contribution in [0, 0.1) is 0 Å². The average Bonchev–Trinajstić information content (AvgIpc) is 2.62. The standard InChI is InChI=1S/C10H12F10O3S.C3H7N/c11-2(1-24(21,22)23)3(12)4(13)5(14)6(15)7(16)8(17)9(18)10(19)20;1-2-3-4/h2-10H,1H2,(H,21,22,23);2H,1,3-4H2. The van der Waals surface area contributed by atoms with E-state index in [1.807, 2.05) is 0 Å². The first-order chi connectivity index (χ1) is 12.6. The highest BCUT2D eigenvalue weighted by Crippen LogP contribution is 2.28. The van der Waals surface area contributed by atoms with Gasteiger partial charge >= 0.3 is 0 Å². The maximum atomic E-state index is 13.2. The molecule has 0 aromatic carbocycles. The third-order valence-electron chi connectivity index (χ3n) is 2.95. The second-order valence-electron chi connectivity index (χ2n) is 5.23. The lowest BCUT2D eigenvalue weighted by Crippen LogP contribution is -2.48. The number of hydrogen-bond donors (Lipinski definition) is 2. The maximum absolute atomic E-state index is 13.2. The summed E-state index contributed by atoms with van der Waals surface area (Å²) in [6.45, 7) is 3.94. The van der Waals surface area contributed by atoms with Gasteiger partial charge in [-0.15, -0.1) is 6.58 Å². The summed E-state index contributed by atoms with van der Waals surface area (Å²) in [4.78, 5) is 0. The minimum absolute atomic E-state index is 0.583. The summed E-state index contributed by atoms with van der Waals surface area (Å²) in [6, 6.07) is 0. The van der Waals surface area contributed by atoms with Crippen LogP contribution in [0.1, 0.15) is 0 Å². The average molecular weight is 459 g/mol. The molecule has 0 amide bonds. The molecule has 8 unspecified atom stereocenters. The second kappa shape index (κ2) is 13.2. The molecule has 0 fully saturated rings. The highest BCUT2D eigenvalue weighted by Gasteiger charge is 2.49. The van der Waals surface area contributed by atoms with Gasteiger partial charge in [0.25, 0.3) is 16.5 Å². The summed E-state index contributed by atoms with van der Waals surface area (Å²) < 4.78 is 156. The minimum Gasteiger partial charge on any atom is -0.327 e. The van der Waals surface area contributed by atoms with Gasteiger partial charge in [-0.25, -0.2) is 43.9 Å². The van der Waals surface area contributed by atoms with Gasteiger partial charge in [-0.3, -0.25) is 4.55 Å². The molecular weight excluding hydrogens is 440 g/mol. The lowest BCUT2D eigenvalue weighted by atomic mass is 9.98. The number of nitrogens with two attached hydrogens (primary N) is 1. The maximum Gasteiger partial charge on any atom is 0.272 e. The summed E-state index contributed by atoms with van der Waals surface area (Å²) in [5.41, 5.74) is 4.91. The number of alkyl halides is 10. The van der Waals surface area contributed by atoms with E-state index in [-0.39, 0.29) is 0 Å². The SMILES string of the molecule is C=CCN.O=S(=O)(O)CC(F)C(F)C(F)C(F)C(F)C(F)C(F)C(F)C(F)F. The Balaban J connectivity index is 0. The van der Waals surface area contributed by atoms with E-state index in [2.05, 4.69) is 6.58 Å². The minimum atomic E-state index is -5.16. The van der Waals surface area contributed by atoms with Gasteiger partial charge in [0.15, 0.2) is 49.4 Å². The van der Waals surface area contributed by atoms with E-state index in [1.165, 1.54) is 0 Å². The zero-order chi connectivity index (χ0) is 22.8. The molecule has 0 aromatic heterocycles. The normalized spacial score (nSPS) is 20.8. The smallest absolute Gasteiger partial charge is 0.272 e. The zero-order valence-electron chi connectivity index (χ0n) is 13.9. The van der Waals surface area contributed by atoms with Crippen molar-refractivity contribution in [3.05, 3.63) is 12.7 Å². The van der Waals surface area contributed by atoms with Crippen molar-refractivity contribution in [1.29, 1.82) is 0 Å². The largest absolute Gasteiger partial charge is 0.327 e. The van der Waals surface area contributed by atoms with E-state index in [0.29, 0.717) is 6.54 Å². The van der Waals surface area contributed by atoms with Crippen LogP contribution in [0.4, 0.5) is 43.9 Å². The lowest BCUT2D eigenvalue weighted by molar-refractivity contribution is -0.0690. The third kappa shape index (κ3) is 10.5. The van der Waals surface area contributed by atoms with Crippen LogP contribution in [0.15, 0.2) is 12.7 Å². The van der Waals surface area contributed by atoms with Gasteiger partial charge in [0, 0.05) is 6.54 Å². The molecule has 0 rings (SSSR count). The van der Waals surface area contributed by atoms with Crippen LogP contribution in [0.25, 0.3) is 0 Å². The van der Waals surface area contributed by atoms with Crippen LogP contribution in [0.2, 0.25) is 0 Å². The molecule has 0 heterocycles. The molecule has 8 atom stereocenters.